The summed E-state index contributed by atoms with van der Waals surface area (Å²) in [4.78, 5) is 0. The van der Waals surface area contributed by atoms with E-state index < -0.39 is 42.3 Å². The maximum absolute atomic E-state index is 13.1. The smallest absolute Gasteiger partial charge is 0.295 e. The summed E-state index contributed by atoms with van der Waals surface area (Å²) in [6.07, 6.45) is -20.5. The van der Waals surface area contributed by atoms with E-state index in [0.717, 1.165) is 0 Å². The summed E-state index contributed by atoms with van der Waals surface area (Å²) >= 11 is 0. The van der Waals surface area contributed by atoms with Crippen molar-refractivity contribution in [3.63, 3.8) is 0 Å². The Hall–Kier alpha value is -1.11. The van der Waals surface area contributed by atoms with Gasteiger partial charge in [-0.05, 0) is 0 Å². The SMILES string of the molecule is FC(F)=C(F)C(F)(F)C1(C(F)(F)F)OC(F)C(F)(F)O1. The van der Waals surface area contributed by atoms with Gasteiger partial charge in [0.2, 0.25) is 5.83 Å². The highest BCUT2D eigenvalue weighted by molar-refractivity contribution is 5.15. The first kappa shape index (κ1) is 16.9. The number of alkyl halides is 8. The topological polar surface area (TPSA) is 18.5 Å². The molecular weight excluding hydrogens is 325 g/mol. The summed E-state index contributed by atoms with van der Waals surface area (Å²) in [6, 6.07) is 0. The van der Waals surface area contributed by atoms with Crippen molar-refractivity contribution < 1.29 is 57.8 Å². The van der Waals surface area contributed by atoms with E-state index in [2.05, 4.69) is 9.47 Å². The number of rotatable bonds is 2. The van der Waals surface area contributed by atoms with E-state index in [1.807, 2.05) is 0 Å². The standard InChI is InChI=1S/C7HF11O2/c8-1(2(9)10)4(12,13)6(7(16,17)18)19-3(11)5(14,15)20-6/h3H. The molecule has 2 atom stereocenters. The highest BCUT2D eigenvalue weighted by atomic mass is 19.4. The Bertz CT molecular complexity index is 423. The van der Waals surface area contributed by atoms with Gasteiger partial charge in [0.05, 0.1) is 0 Å². The van der Waals surface area contributed by atoms with Gasteiger partial charge >= 0.3 is 30.1 Å². The lowest BCUT2D eigenvalue weighted by Crippen LogP contribution is -2.61. The molecule has 1 aliphatic heterocycles. The Morgan fingerprint density at radius 1 is 0.950 bits per heavy atom. The van der Waals surface area contributed by atoms with Crippen LogP contribution in [-0.2, 0) is 9.47 Å². The largest absolute Gasteiger partial charge is 0.450 e. The summed E-state index contributed by atoms with van der Waals surface area (Å²) in [7, 11) is 0. The third-order valence-corrected chi connectivity index (χ3v) is 2.04. The zero-order valence-electron chi connectivity index (χ0n) is 8.55. The van der Waals surface area contributed by atoms with Crippen molar-refractivity contribution in [2.45, 2.75) is 30.4 Å². The molecule has 1 fully saturated rings. The molecule has 0 radical (unpaired) electrons. The van der Waals surface area contributed by atoms with Crippen molar-refractivity contribution in [2.24, 2.45) is 0 Å². The Morgan fingerprint density at radius 3 is 1.65 bits per heavy atom. The molecular formula is C7HF11O2. The van der Waals surface area contributed by atoms with E-state index in [1.54, 1.807) is 0 Å². The van der Waals surface area contributed by atoms with Gasteiger partial charge in [0, 0.05) is 0 Å². The number of hydrogen-bond acceptors (Lipinski definition) is 2. The third kappa shape index (κ3) is 2.21. The fraction of sp³-hybridized carbons (Fsp3) is 0.714. The fourth-order valence-corrected chi connectivity index (χ4v) is 1.18. The molecule has 2 nitrogen and oxygen atoms in total. The lowest BCUT2D eigenvalue weighted by Gasteiger charge is -2.34. The van der Waals surface area contributed by atoms with E-state index in [9.17, 15) is 48.3 Å². The van der Waals surface area contributed by atoms with Crippen molar-refractivity contribution >= 4 is 0 Å². The van der Waals surface area contributed by atoms with Gasteiger partial charge in [0.1, 0.15) is 0 Å². The van der Waals surface area contributed by atoms with Crippen molar-refractivity contribution in [3.8, 4) is 0 Å². The fourth-order valence-electron chi connectivity index (χ4n) is 1.18. The first-order chi connectivity index (χ1) is 8.69. The molecule has 20 heavy (non-hydrogen) atoms. The summed E-state index contributed by atoms with van der Waals surface area (Å²) < 4.78 is 142. The number of halogens is 11. The maximum atomic E-state index is 13.1. The molecule has 2 unspecified atom stereocenters. The second-order valence-corrected chi connectivity index (χ2v) is 3.36. The molecule has 13 heteroatoms. The van der Waals surface area contributed by atoms with Crippen molar-refractivity contribution in [1.82, 2.24) is 0 Å². The molecule has 1 heterocycles. The predicted octanol–water partition coefficient (Wildman–Crippen LogP) is 3.89. The number of ether oxygens (including phenoxy) is 2. The molecule has 1 aliphatic rings. The highest BCUT2D eigenvalue weighted by Gasteiger charge is 2.83. The van der Waals surface area contributed by atoms with Crippen molar-refractivity contribution in [1.29, 1.82) is 0 Å². The van der Waals surface area contributed by atoms with Crippen LogP contribution in [0.25, 0.3) is 0 Å². The molecule has 1 saturated heterocycles. The monoisotopic (exact) mass is 326 g/mol. The highest BCUT2D eigenvalue weighted by Crippen LogP contribution is 2.57. The van der Waals surface area contributed by atoms with Crippen molar-refractivity contribution in [2.75, 3.05) is 0 Å². The first-order valence-electron chi connectivity index (χ1n) is 4.24. The van der Waals surface area contributed by atoms with Crippen LogP contribution in [0.2, 0.25) is 0 Å². The molecule has 0 saturated carbocycles. The Kier molecular flexibility index (Phi) is 3.76. The summed E-state index contributed by atoms with van der Waals surface area (Å²) in [5, 5.41) is 0. The van der Waals surface area contributed by atoms with E-state index in [1.165, 1.54) is 0 Å². The normalized spacial score (nSPS) is 30.4. The van der Waals surface area contributed by atoms with E-state index in [-0.39, 0.29) is 0 Å². The molecule has 118 valence electrons. The van der Waals surface area contributed by atoms with E-state index in [0.29, 0.717) is 0 Å². The third-order valence-electron chi connectivity index (χ3n) is 2.04. The van der Waals surface area contributed by atoms with Crippen LogP contribution in [0.1, 0.15) is 0 Å². The lowest BCUT2D eigenvalue weighted by molar-refractivity contribution is -0.431. The average Bonchev–Trinajstić information content (AvgIpc) is 2.49. The summed E-state index contributed by atoms with van der Waals surface area (Å²) in [5.41, 5.74) is 0. The number of hydrogen-bond donors (Lipinski definition) is 0. The van der Waals surface area contributed by atoms with Crippen LogP contribution in [0.4, 0.5) is 48.3 Å². The van der Waals surface area contributed by atoms with Crippen LogP contribution < -0.4 is 0 Å². The molecule has 0 aromatic carbocycles. The van der Waals surface area contributed by atoms with Gasteiger partial charge in [0.25, 0.3) is 6.36 Å². The van der Waals surface area contributed by atoms with Crippen LogP contribution in [0.3, 0.4) is 0 Å². The van der Waals surface area contributed by atoms with Gasteiger partial charge in [-0.1, -0.05) is 0 Å². The minimum Gasteiger partial charge on any atom is -0.295 e. The minimum absolute atomic E-state index is 2.44. The van der Waals surface area contributed by atoms with Crippen LogP contribution in [-0.4, -0.2) is 30.4 Å². The molecule has 0 aliphatic carbocycles. The van der Waals surface area contributed by atoms with Crippen LogP contribution in [0.15, 0.2) is 11.9 Å². The summed E-state index contributed by atoms with van der Waals surface area (Å²) in [6.45, 7) is 0. The van der Waals surface area contributed by atoms with Gasteiger partial charge in [0.15, 0.2) is 0 Å². The Labute approximate surface area is 101 Å². The van der Waals surface area contributed by atoms with Gasteiger partial charge in [-0.2, -0.15) is 43.9 Å². The molecule has 0 N–H and O–H groups in total. The second-order valence-electron chi connectivity index (χ2n) is 3.36. The van der Waals surface area contributed by atoms with E-state index in [4.69, 9.17) is 0 Å². The van der Waals surface area contributed by atoms with Gasteiger partial charge < -0.3 is 0 Å². The quantitative estimate of drug-likeness (QED) is 0.717. The van der Waals surface area contributed by atoms with Crippen LogP contribution in [0.5, 0.6) is 0 Å². The Balaban J connectivity index is 3.49. The zero-order chi connectivity index (χ0) is 16.1. The lowest BCUT2D eigenvalue weighted by atomic mass is 10.1. The minimum atomic E-state index is -6.66. The molecule has 0 aromatic rings. The molecule has 0 spiro atoms. The molecule has 0 amide bonds. The van der Waals surface area contributed by atoms with Crippen molar-refractivity contribution in [3.05, 3.63) is 11.9 Å². The van der Waals surface area contributed by atoms with Gasteiger partial charge in [-0.25, -0.2) is 4.39 Å². The zero-order valence-corrected chi connectivity index (χ0v) is 8.55. The summed E-state index contributed by atoms with van der Waals surface area (Å²) in [5.74, 6) is -16.4. The molecule has 1 rings (SSSR count). The van der Waals surface area contributed by atoms with Crippen LogP contribution in [0, 0.1) is 0 Å². The van der Waals surface area contributed by atoms with Gasteiger partial charge in [-0.3, -0.25) is 9.47 Å². The van der Waals surface area contributed by atoms with Gasteiger partial charge in [-0.15, -0.1) is 0 Å². The van der Waals surface area contributed by atoms with Crippen LogP contribution >= 0.6 is 0 Å². The first-order valence-corrected chi connectivity index (χ1v) is 4.24. The Morgan fingerprint density at radius 2 is 1.40 bits per heavy atom. The predicted molar refractivity (Wildman–Crippen MR) is 36.1 cm³/mol. The van der Waals surface area contributed by atoms with E-state index >= 15 is 0 Å². The second kappa shape index (κ2) is 4.44. The molecule has 0 bridgehead atoms. The molecule has 0 aromatic heterocycles. The average molecular weight is 326 g/mol. The maximum Gasteiger partial charge on any atom is 0.450 e.